The molecule has 1 atom stereocenters. The van der Waals surface area contributed by atoms with E-state index in [-0.39, 0.29) is 17.6 Å². The number of anilines is 1. The molecule has 5 nitrogen and oxygen atoms in total. The molecule has 2 amide bonds. The number of para-hydroxylation sites is 1. The van der Waals surface area contributed by atoms with Gasteiger partial charge in [0.2, 0.25) is 0 Å². The van der Waals surface area contributed by atoms with E-state index in [1.165, 1.54) is 5.01 Å². The molecule has 3 rings (SSSR count). The number of hydrogen-bond donors (Lipinski definition) is 1. The van der Waals surface area contributed by atoms with Crippen LogP contribution in [0.3, 0.4) is 0 Å². The van der Waals surface area contributed by atoms with Crippen molar-refractivity contribution in [3.8, 4) is 5.75 Å². The molecule has 2 aromatic carbocycles. The highest BCUT2D eigenvalue weighted by Crippen LogP contribution is 2.31. The second kappa shape index (κ2) is 8.59. The summed E-state index contributed by atoms with van der Waals surface area (Å²) >= 11 is 4.43. The molecule has 0 radical (unpaired) electrons. The van der Waals surface area contributed by atoms with Gasteiger partial charge in [-0.25, -0.2) is 5.01 Å². The summed E-state index contributed by atoms with van der Waals surface area (Å²) in [5.41, 5.74) is 4.14. The number of ether oxygens (including phenoxy) is 1. The maximum absolute atomic E-state index is 12.7. The van der Waals surface area contributed by atoms with Crippen molar-refractivity contribution in [2.24, 2.45) is 0 Å². The number of hydrazine groups is 1. The summed E-state index contributed by atoms with van der Waals surface area (Å²) < 4.78 is 7.86. The van der Waals surface area contributed by atoms with Crippen molar-refractivity contribution in [3.63, 3.8) is 0 Å². The molecule has 140 valence electrons. The number of carbonyl (C=O) groups is 2. The molecule has 27 heavy (non-hydrogen) atoms. The Morgan fingerprint density at radius 3 is 2.37 bits per heavy atom. The SMILES string of the molecule is CC[C@H](C)Oc1c(I)cc(/C=C2/C(=O)NN(c3ccccc3)C2=O)cc1I. The van der Waals surface area contributed by atoms with Gasteiger partial charge < -0.3 is 4.74 Å². The molecule has 1 aliphatic heterocycles. The number of nitrogens with one attached hydrogen (secondary N) is 1. The fraction of sp³-hybridized carbons (Fsp3) is 0.200. The van der Waals surface area contributed by atoms with Gasteiger partial charge in [0.25, 0.3) is 11.8 Å². The average Bonchev–Trinajstić information content (AvgIpc) is 2.93. The first-order valence-electron chi connectivity index (χ1n) is 8.48. The van der Waals surface area contributed by atoms with Gasteiger partial charge in [0, 0.05) is 0 Å². The monoisotopic (exact) mass is 588 g/mol. The fourth-order valence-corrected chi connectivity index (χ4v) is 4.61. The van der Waals surface area contributed by atoms with E-state index in [1.54, 1.807) is 18.2 Å². The lowest BCUT2D eigenvalue weighted by atomic mass is 10.1. The van der Waals surface area contributed by atoms with E-state index in [0.717, 1.165) is 24.9 Å². The summed E-state index contributed by atoms with van der Waals surface area (Å²) in [5.74, 6) is 0.0609. The first kappa shape index (κ1) is 20.1. The van der Waals surface area contributed by atoms with Crippen LogP contribution in [-0.4, -0.2) is 17.9 Å². The van der Waals surface area contributed by atoms with E-state index in [4.69, 9.17) is 4.74 Å². The number of benzene rings is 2. The number of nitrogens with zero attached hydrogens (tertiary/aromatic N) is 1. The molecular formula is C20H18I2N2O3. The highest BCUT2D eigenvalue weighted by molar-refractivity contribution is 14.1. The normalized spacial score (nSPS) is 16.6. The van der Waals surface area contributed by atoms with Gasteiger partial charge in [-0.15, -0.1) is 0 Å². The first-order chi connectivity index (χ1) is 12.9. The highest BCUT2D eigenvalue weighted by atomic mass is 127. The van der Waals surface area contributed by atoms with E-state index >= 15 is 0 Å². The van der Waals surface area contributed by atoms with E-state index in [0.29, 0.717) is 5.69 Å². The summed E-state index contributed by atoms with van der Waals surface area (Å²) in [6.07, 6.45) is 2.66. The molecule has 1 saturated heterocycles. The third-order valence-electron chi connectivity index (χ3n) is 4.13. The lowest BCUT2D eigenvalue weighted by Gasteiger charge is -2.16. The predicted octanol–water partition coefficient (Wildman–Crippen LogP) is 4.53. The van der Waals surface area contributed by atoms with Gasteiger partial charge in [0.15, 0.2) is 0 Å². The molecule has 0 aliphatic carbocycles. The zero-order chi connectivity index (χ0) is 19.6. The van der Waals surface area contributed by atoms with Crippen LogP contribution in [-0.2, 0) is 9.59 Å². The minimum absolute atomic E-state index is 0.112. The van der Waals surface area contributed by atoms with Crippen LogP contribution < -0.4 is 15.2 Å². The summed E-state index contributed by atoms with van der Waals surface area (Å²) in [5, 5.41) is 1.27. The standard InChI is InChI=1S/C20H18I2N2O3/c1-3-12(2)27-18-16(21)10-13(11-17(18)22)9-15-19(25)23-24(20(15)26)14-7-5-4-6-8-14/h4-12H,3H2,1-2H3,(H,23,25)/b15-9-/t12-/m0/s1. The molecule has 1 heterocycles. The Morgan fingerprint density at radius 2 is 1.78 bits per heavy atom. The Kier molecular flexibility index (Phi) is 6.40. The van der Waals surface area contributed by atoms with Crippen LogP contribution >= 0.6 is 45.2 Å². The van der Waals surface area contributed by atoms with Crippen LogP contribution in [0.15, 0.2) is 48.0 Å². The second-order valence-corrected chi connectivity index (χ2v) is 8.45. The van der Waals surface area contributed by atoms with Crippen molar-refractivity contribution in [2.75, 3.05) is 5.01 Å². The molecule has 0 bridgehead atoms. The minimum Gasteiger partial charge on any atom is -0.489 e. The number of hydrogen-bond acceptors (Lipinski definition) is 3. The van der Waals surface area contributed by atoms with Gasteiger partial charge in [0.05, 0.1) is 18.9 Å². The topological polar surface area (TPSA) is 58.6 Å². The van der Waals surface area contributed by atoms with Crippen LogP contribution in [0.4, 0.5) is 5.69 Å². The van der Waals surface area contributed by atoms with Crippen LogP contribution in [0, 0.1) is 7.14 Å². The Labute approximate surface area is 185 Å². The van der Waals surface area contributed by atoms with Crippen molar-refractivity contribution >= 4 is 68.8 Å². The third-order valence-corrected chi connectivity index (χ3v) is 5.73. The van der Waals surface area contributed by atoms with Crippen LogP contribution in [0.1, 0.15) is 25.8 Å². The van der Waals surface area contributed by atoms with Crippen LogP contribution in [0.25, 0.3) is 6.08 Å². The predicted molar refractivity (Wildman–Crippen MR) is 122 cm³/mol. The fourth-order valence-electron chi connectivity index (χ4n) is 2.54. The van der Waals surface area contributed by atoms with Gasteiger partial charge in [-0.1, -0.05) is 25.1 Å². The van der Waals surface area contributed by atoms with Crippen molar-refractivity contribution in [2.45, 2.75) is 26.4 Å². The third kappa shape index (κ3) is 4.45. The molecule has 7 heteroatoms. The first-order valence-corrected chi connectivity index (χ1v) is 10.6. The molecule has 1 fully saturated rings. The van der Waals surface area contributed by atoms with Crippen molar-refractivity contribution in [3.05, 3.63) is 60.7 Å². The summed E-state index contributed by atoms with van der Waals surface area (Å²) in [6.45, 7) is 4.10. The lowest BCUT2D eigenvalue weighted by molar-refractivity contribution is -0.117. The summed E-state index contributed by atoms with van der Waals surface area (Å²) in [7, 11) is 0. The van der Waals surface area contributed by atoms with E-state index in [9.17, 15) is 9.59 Å². The molecular weight excluding hydrogens is 570 g/mol. The molecule has 0 spiro atoms. The minimum atomic E-state index is -0.409. The Hall–Kier alpha value is -1.62. The molecule has 0 saturated carbocycles. The molecule has 0 unspecified atom stereocenters. The van der Waals surface area contributed by atoms with Gasteiger partial charge in [-0.2, -0.15) is 0 Å². The Balaban J connectivity index is 1.90. The lowest BCUT2D eigenvalue weighted by Crippen LogP contribution is -2.35. The molecule has 1 N–H and O–H groups in total. The van der Waals surface area contributed by atoms with Gasteiger partial charge >= 0.3 is 0 Å². The van der Waals surface area contributed by atoms with Crippen molar-refractivity contribution in [1.82, 2.24) is 5.43 Å². The van der Waals surface area contributed by atoms with Gasteiger partial charge in [-0.3, -0.25) is 15.0 Å². The Morgan fingerprint density at radius 1 is 1.15 bits per heavy atom. The second-order valence-electron chi connectivity index (χ2n) is 6.13. The van der Waals surface area contributed by atoms with Gasteiger partial charge in [-0.05, 0) is 94.4 Å². The average molecular weight is 588 g/mol. The summed E-state index contributed by atoms with van der Waals surface area (Å²) in [4.78, 5) is 25.0. The smallest absolute Gasteiger partial charge is 0.282 e. The van der Waals surface area contributed by atoms with Crippen molar-refractivity contribution < 1.29 is 14.3 Å². The van der Waals surface area contributed by atoms with Crippen LogP contribution in [0.2, 0.25) is 0 Å². The zero-order valence-corrected chi connectivity index (χ0v) is 19.1. The van der Waals surface area contributed by atoms with E-state index < -0.39 is 5.91 Å². The molecule has 0 aromatic heterocycles. The van der Waals surface area contributed by atoms with Crippen LogP contribution in [0.5, 0.6) is 5.75 Å². The number of rotatable bonds is 5. The quantitative estimate of drug-likeness (QED) is 0.318. The molecule has 2 aromatic rings. The van der Waals surface area contributed by atoms with E-state index in [1.807, 2.05) is 37.3 Å². The number of amides is 2. The highest BCUT2D eigenvalue weighted by Gasteiger charge is 2.34. The zero-order valence-electron chi connectivity index (χ0n) is 14.8. The van der Waals surface area contributed by atoms with E-state index in [2.05, 4.69) is 57.5 Å². The maximum atomic E-state index is 12.7. The number of halogens is 2. The van der Waals surface area contributed by atoms with Crippen molar-refractivity contribution in [1.29, 1.82) is 0 Å². The summed E-state index contributed by atoms with van der Waals surface area (Å²) in [6, 6.07) is 12.9. The number of carbonyl (C=O) groups excluding carboxylic acids is 2. The molecule has 1 aliphatic rings. The Bertz CT molecular complexity index is 890. The largest absolute Gasteiger partial charge is 0.489 e. The maximum Gasteiger partial charge on any atom is 0.282 e. The van der Waals surface area contributed by atoms with Gasteiger partial charge in [0.1, 0.15) is 11.3 Å².